The SMILES string of the molecule is COCC[C@H](CCNC(=O)Nc1c(C)c(-c2cnn(C)c2)nn1-c1ccccc1)CC(C)(C)O. The summed E-state index contributed by atoms with van der Waals surface area (Å²) in [7, 11) is 3.53. The van der Waals surface area contributed by atoms with Crippen molar-refractivity contribution in [2.45, 2.75) is 45.6 Å². The molecule has 9 nitrogen and oxygen atoms in total. The minimum Gasteiger partial charge on any atom is -0.390 e. The highest BCUT2D eigenvalue weighted by molar-refractivity contribution is 5.90. The molecule has 0 saturated heterocycles. The van der Waals surface area contributed by atoms with E-state index in [-0.39, 0.29) is 11.9 Å². The summed E-state index contributed by atoms with van der Waals surface area (Å²) in [6.07, 6.45) is 5.89. The van der Waals surface area contributed by atoms with E-state index < -0.39 is 5.60 Å². The lowest BCUT2D eigenvalue weighted by molar-refractivity contribution is 0.0442. The number of benzene rings is 1. The zero-order valence-corrected chi connectivity index (χ0v) is 20.7. The number of hydrogen-bond acceptors (Lipinski definition) is 5. The van der Waals surface area contributed by atoms with Crippen molar-refractivity contribution in [2.75, 3.05) is 25.6 Å². The van der Waals surface area contributed by atoms with Gasteiger partial charge in [0.2, 0.25) is 0 Å². The number of aliphatic hydroxyl groups is 1. The van der Waals surface area contributed by atoms with Crippen LogP contribution in [0.25, 0.3) is 16.9 Å². The van der Waals surface area contributed by atoms with Crippen LogP contribution in [-0.4, -0.2) is 56.6 Å². The number of ether oxygens (including phenoxy) is 1. The highest BCUT2D eigenvalue weighted by atomic mass is 16.5. The third-order valence-corrected chi connectivity index (χ3v) is 5.69. The van der Waals surface area contributed by atoms with Crippen LogP contribution >= 0.6 is 0 Å². The van der Waals surface area contributed by atoms with Crippen molar-refractivity contribution in [1.29, 1.82) is 0 Å². The predicted octanol–water partition coefficient (Wildman–Crippen LogP) is 3.91. The highest BCUT2D eigenvalue weighted by Crippen LogP contribution is 2.30. The summed E-state index contributed by atoms with van der Waals surface area (Å²) < 4.78 is 8.67. The van der Waals surface area contributed by atoms with Crippen molar-refractivity contribution < 1.29 is 14.6 Å². The van der Waals surface area contributed by atoms with Gasteiger partial charge in [0.1, 0.15) is 11.5 Å². The molecule has 0 bridgehead atoms. The van der Waals surface area contributed by atoms with Gasteiger partial charge in [0.15, 0.2) is 0 Å². The van der Waals surface area contributed by atoms with Crippen LogP contribution in [0.5, 0.6) is 0 Å². The molecule has 0 aliphatic rings. The Morgan fingerprint density at radius 1 is 1.24 bits per heavy atom. The van der Waals surface area contributed by atoms with Gasteiger partial charge in [0.05, 0.1) is 17.5 Å². The summed E-state index contributed by atoms with van der Waals surface area (Å²) in [5.74, 6) is 0.851. The molecule has 0 unspecified atom stereocenters. The first-order chi connectivity index (χ1) is 16.2. The van der Waals surface area contributed by atoms with E-state index in [9.17, 15) is 9.90 Å². The van der Waals surface area contributed by atoms with Crippen molar-refractivity contribution in [3.63, 3.8) is 0 Å². The van der Waals surface area contributed by atoms with Gasteiger partial charge in [-0.3, -0.25) is 10.00 Å². The lowest BCUT2D eigenvalue weighted by Crippen LogP contribution is -2.33. The maximum absolute atomic E-state index is 12.8. The number of para-hydroxylation sites is 1. The first-order valence-corrected chi connectivity index (χ1v) is 11.6. The smallest absolute Gasteiger partial charge is 0.320 e. The predicted molar refractivity (Wildman–Crippen MR) is 133 cm³/mol. The van der Waals surface area contributed by atoms with E-state index in [2.05, 4.69) is 15.7 Å². The fraction of sp³-hybridized carbons (Fsp3) is 0.480. The van der Waals surface area contributed by atoms with E-state index in [1.165, 1.54) is 0 Å². The van der Waals surface area contributed by atoms with Gasteiger partial charge in [-0.25, -0.2) is 9.48 Å². The number of aromatic nitrogens is 4. The van der Waals surface area contributed by atoms with Crippen LogP contribution in [0.4, 0.5) is 10.6 Å². The molecule has 3 rings (SSSR count). The number of rotatable bonds is 11. The maximum atomic E-state index is 12.8. The third-order valence-electron chi connectivity index (χ3n) is 5.69. The number of nitrogens with zero attached hydrogens (tertiary/aromatic N) is 4. The van der Waals surface area contributed by atoms with Gasteiger partial charge in [-0.15, -0.1) is 0 Å². The third kappa shape index (κ3) is 6.91. The molecular weight excluding hydrogens is 432 g/mol. The molecule has 3 N–H and O–H groups in total. The van der Waals surface area contributed by atoms with Crippen molar-refractivity contribution in [3.8, 4) is 16.9 Å². The van der Waals surface area contributed by atoms with E-state index in [0.717, 1.165) is 35.3 Å². The molecule has 0 fully saturated rings. The second-order valence-electron chi connectivity index (χ2n) is 9.31. The second kappa shape index (κ2) is 11.3. The molecule has 0 spiro atoms. The summed E-state index contributed by atoms with van der Waals surface area (Å²) in [5.41, 5.74) is 2.58. The van der Waals surface area contributed by atoms with Crippen LogP contribution in [0.3, 0.4) is 0 Å². The minimum absolute atomic E-state index is 0.244. The molecule has 1 aromatic carbocycles. The lowest BCUT2D eigenvalue weighted by Gasteiger charge is -2.25. The van der Waals surface area contributed by atoms with Crippen molar-refractivity contribution in [1.82, 2.24) is 24.9 Å². The zero-order chi connectivity index (χ0) is 24.7. The van der Waals surface area contributed by atoms with Gasteiger partial charge in [-0.05, 0) is 58.1 Å². The molecule has 184 valence electrons. The summed E-state index contributed by atoms with van der Waals surface area (Å²) in [4.78, 5) is 12.8. The highest BCUT2D eigenvalue weighted by Gasteiger charge is 2.22. The number of hydrogen-bond donors (Lipinski definition) is 3. The van der Waals surface area contributed by atoms with Crippen LogP contribution in [0, 0.1) is 12.8 Å². The van der Waals surface area contributed by atoms with Crippen LogP contribution in [0.15, 0.2) is 42.7 Å². The van der Waals surface area contributed by atoms with Gasteiger partial charge < -0.3 is 15.2 Å². The molecule has 0 aliphatic heterocycles. The number of urea groups is 1. The van der Waals surface area contributed by atoms with E-state index in [0.29, 0.717) is 25.4 Å². The maximum Gasteiger partial charge on any atom is 0.320 e. The molecule has 9 heteroatoms. The Labute approximate surface area is 201 Å². The van der Waals surface area contributed by atoms with Crippen molar-refractivity contribution in [3.05, 3.63) is 48.3 Å². The zero-order valence-electron chi connectivity index (χ0n) is 20.7. The Balaban J connectivity index is 1.73. The normalized spacial score (nSPS) is 12.5. The standard InChI is InChI=1S/C25H36N6O3/c1-18-22(20-16-27-30(4)17-20)29-31(21-9-7-6-8-10-21)23(18)28-24(32)26-13-11-19(12-14-34-5)15-25(2,3)33/h6-10,16-17,19,33H,11-15H2,1-5H3,(H2,26,28,32)/t19-/m0/s1. The quantitative estimate of drug-likeness (QED) is 0.396. The van der Waals surface area contributed by atoms with Crippen LogP contribution < -0.4 is 10.6 Å². The lowest BCUT2D eigenvalue weighted by atomic mass is 9.89. The van der Waals surface area contributed by atoms with Gasteiger partial charge in [-0.1, -0.05) is 18.2 Å². The molecule has 34 heavy (non-hydrogen) atoms. The van der Waals surface area contributed by atoms with Gasteiger partial charge in [0, 0.05) is 44.6 Å². The number of anilines is 1. The molecule has 2 heterocycles. The van der Waals surface area contributed by atoms with Gasteiger partial charge in [-0.2, -0.15) is 10.2 Å². The molecule has 2 amide bonds. The second-order valence-corrected chi connectivity index (χ2v) is 9.31. The fourth-order valence-corrected chi connectivity index (χ4v) is 4.10. The molecule has 0 saturated carbocycles. The van der Waals surface area contributed by atoms with Crippen molar-refractivity contribution in [2.24, 2.45) is 13.0 Å². The Morgan fingerprint density at radius 3 is 2.59 bits per heavy atom. The Hall–Kier alpha value is -3.17. The average Bonchev–Trinajstić information content (AvgIpc) is 3.35. The first kappa shape index (κ1) is 25.5. The number of aryl methyl sites for hydroxylation is 1. The Morgan fingerprint density at radius 2 is 1.97 bits per heavy atom. The average molecular weight is 469 g/mol. The minimum atomic E-state index is -0.761. The molecular formula is C25H36N6O3. The van der Waals surface area contributed by atoms with Crippen LogP contribution in [0.2, 0.25) is 0 Å². The van der Waals surface area contributed by atoms with E-state index in [1.807, 2.05) is 50.5 Å². The molecule has 0 radical (unpaired) electrons. The fourth-order valence-electron chi connectivity index (χ4n) is 4.10. The summed E-state index contributed by atoms with van der Waals surface area (Å²) >= 11 is 0. The number of carbonyl (C=O) groups excluding carboxylic acids is 1. The summed E-state index contributed by atoms with van der Waals surface area (Å²) in [5, 5.41) is 25.2. The number of amides is 2. The Bertz CT molecular complexity index is 1070. The van der Waals surface area contributed by atoms with E-state index >= 15 is 0 Å². The molecule has 0 aliphatic carbocycles. The summed E-state index contributed by atoms with van der Waals surface area (Å²) in [6.45, 7) is 6.67. The molecule has 3 aromatic rings. The number of methoxy groups -OCH3 is 1. The van der Waals surface area contributed by atoms with Crippen LogP contribution in [0.1, 0.15) is 38.7 Å². The molecule has 1 atom stereocenters. The number of nitrogens with one attached hydrogen (secondary N) is 2. The Kier molecular flexibility index (Phi) is 8.46. The number of carbonyl (C=O) groups is 1. The monoisotopic (exact) mass is 468 g/mol. The summed E-state index contributed by atoms with van der Waals surface area (Å²) in [6, 6.07) is 9.40. The van der Waals surface area contributed by atoms with Gasteiger partial charge >= 0.3 is 6.03 Å². The van der Waals surface area contributed by atoms with E-state index in [4.69, 9.17) is 9.84 Å². The van der Waals surface area contributed by atoms with E-state index in [1.54, 1.807) is 36.5 Å². The van der Waals surface area contributed by atoms with Gasteiger partial charge in [0.25, 0.3) is 0 Å². The molecule has 2 aromatic heterocycles. The van der Waals surface area contributed by atoms with Crippen molar-refractivity contribution >= 4 is 11.8 Å². The first-order valence-electron chi connectivity index (χ1n) is 11.6. The largest absolute Gasteiger partial charge is 0.390 e. The topological polar surface area (TPSA) is 106 Å². The van der Waals surface area contributed by atoms with Crippen LogP contribution in [-0.2, 0) is 11.8 Å².